The number of rotatable bonds is 2. The Morgan fingerprint density at radius 3 is 2.38 bits per heavy atom. The van der Waals surface area contributed by atoms with Crippen LogP contribution in [0.1, 0.15) is 32.6 Å². The molecule has 0 unspecified atom stereocenters. The minimum Gasteiger partial charge on any atom is -0.348 e. The lowest BCUT2D eigenvalue weighted by molar-refractivity contribution is -0.179. The fraction of sp³-hybridized carbons (Fsp3) is 1.00. The van der Waals surface area contributed by atoms with Crippen molar-refractivity contribution in [3.63, 3.8) is 0 Å². The second-order valence-electron chi connectivity index (χ2n) is 3.94. The van der Waals surface area contributed by atoms with Crippen molar-refractivity contribution in [2.75, 3.05) is 19.8 Å². The second kappa shape index (κ2) is 3.95. The van der Waals surface area contributed by atoms with Crippen LogP contribution in [-0.2, 0) is 9.47 Å². The molecule has 2 fully saturated rings. The highest BCUT2D eigenvalue weighted by molar-refractivity contribution is 4.85. The highest BCUT2D eigenvalue weighted by Crippen LogP contribution is 2.35. The standard InChI is InChI=1S/C10H19NO2/c1-2-11-9-3-5-10(6-4-9)12-7-8-13-10/h9,11H,2-8H2,1H3. The summed E-state index contributed by atoms with van der Waals surface area (Å²) in [6.45, 7) is 4.80. The average Bonchev–Trinajstić information content (AvgIpc) is 2.59. The summed E-state index contributed by atoms with van der Waals surface area (Å²) in [7, 11) is 0. The van der Waals surface area contributed by atoms with E-state index in [0.717, 1.165) is 32.6 Å². The van der Waals surface area contributed by atoms with E-state index in [0.29, 0.717) is 6.04 Å². The maximum atomic E-state index is 5.66. The third-order valence-corrected chi connectivity index (χ3v) is 3.05. The Hall–Kier alpha value is -0.120. The molecule has 0 atom stereocenters. The van der Waals surface area contributed by atoms with E-state index in [1.807, 2.05) is 0 Å². The predicted molar refractivity (Wildman–Crippen MR) is 50.6 cm³/mol. The molecule has 13 heavy (non-hydrogen) atoms. The summed E-state index contributed by atoms with van der Waals surface area (Å²) in [6.07, 6.45) is 4.50. The molecule has 76 valence electrons. The number of nitrogens with one attached hydrogen (secondary N) is 1. The topological polar surface area (TPSA) is 30.5 Å². The highest BCUT2D eigenvalue weighted by atomic mass is 16.7. The van der Waals surface area contributed by atoms with Gasteiger partial charge in [0, 0.05) is 18.9 Å². The molecule has 0 aromatic heterocycles. The van der Waals surface area contributed by atoms with E-state index in [-0.39, 0.29) is 5.79 Å². The predicted octanol–water partition coefficient (Wildman–Crippen LogP) is 1.28. The van der Waals surface area contributed by atoms with Crippen LogP contribution in [0.3, 0.4) is 0 Å². The largest absolute Gasteiger partial charge is 0.348 e. The smallest absolute Gasteiger partial charge is 0.168 e. The van der Waals surface area contributed by atoms with Gasteiger partial charge in [-0.05, 0) is 19.4 Å². The van der Waals surface area contributed by atoms with E-state index in [9.17, 15) is 0 Å². The summed E-state index contributed by atoms with van der Waals surface area (Å²) >= 11 is 0. The van der Waals surface area contributed by atoms with Crippen molar-refractivity contribution >= 4 is 0 Å². The van der Waals surface area contributed by atoms with Gasteiger partial charge in [0.05, 0.1) is 13.2 Å². The van der Waals surface area contributed by atoms with Crippen LogP contribution in [0.2, 0.25) is 0 Å². The SMILES string of the molecule is CCNC1CCC2(CC1)OCCO2. The minimum atomic E-state index is -0.189. The maximum Gasteiger partial charge on any atom is 0.168 e. The normalized spacial score (nSPS) is 28.4. The molecule has 2 rings (SSSR count). The Morgan fingerprint density at radius 1 is 1.23 bits per heavy atom. The highest BCUT2D eigenvalue weighted by Gasteiger charge is 2.39. The van der Waals surface area contributed by atoms with Crippen molar-refractivity contribution in [2.45, 2.75) is 44.4 Å². The minimum absolute atomic E-state index is 0.189. The Labute approximate surface area is 79.8 Å². The molecule has 0 aromatic carbocycles. The Balaban J connectivity index is 1.81. The zero-order valence-electron chi connectivity index (χ0n) is 8.34. The van der Waals surface area contributed by atoms with Gasteiger partial charge in [0.1, 0.15) is 0 Å². The van der Waals surface area contributed by atoms with Crippen LogP contribution in [-0.4, -0.2) is 31.6 Å². The molecule has 1 heterocycles. The first-order valence-corrected chi connectivity index (χ1v) is 5.36. The van der Waals surface area contributed by atoms with Crippen LogP contribution < -0.4 is 5.32 Å². The van der Waals surface area contributed by atoms with Crippen LogP contribution in [0.5, 0.6) is 0 Å². The number of ether oxygens (including phenoxy) is 2. The summed E-state index contributed by atoms with van der Waals surface area (Å²) in [5.74, 6) is -0.189. The van der Waals surface area contributed by atoms with E-state index >= 15 is 0 Å². The van der Waals surface area contributed by atoms with Crippen molar-refractivity contribution in [1.82, 2.24) is 5.32 Å². The van der Waals surface area contributed by atoms with Crippen LogP contribution in [0.25, 0.3) is 0 Å². The fourth-order valence-corrected chi connectivity index (χ4v) is 2.34. The molecule has 1 spiro atoms. The Morgan fingerprint density at radius 2 is 1.85 bits per heavy atom. The van der Waals surface area contributed by atoms with Gasteiger partial charge in [-0.25, -0.2) is 0 Å². The van der Waals surface area contributed by atoms with Gasteiger partial charge in [-0.15, -0.1) is 0 Å². The van der Waals surface area contributed by atoms with Crippen LogP contribution >= 0.6 is 0 Å². The van der Waals surface area contributed by atoms with Gasteiger partial charge >= 0.3 is 0 Å². The molecule has 3 heteroatoms. The van der Waals surface area contributed by atoms with Gasteiger partial charge in [0.25, 0.3) is 0 Å². The van der Waals surface area contributed by atoms with Crippen molar-refractivity contribution in [3.05, 3.63) is 0 Å². The quantitative estimate of drug-likeness (QED) is 0.703. The van der Waals surface area contributed by atoms with E-state index in [4.69, 9.17) is 9.47 Å². The van der Waals surface area contributed by atoms with E-state index in [2.05, 4.69) is 12.2 Å². The third kappa shape index (κ3) is 2.03. The molecule has 1 aliphatic heterocycles. The number of hydrogen-bond donors (Lipinski definition) is 1. The van der Waals surface area contributed by atoms with E-state index in [1.54, 1.807) is 0 Å². The summed E-state index contributed by atoms with van der Waals surface area (Å²) in [5.41, 5.74) is 0. The van der Waals surface area contributed by atoms with Crippen molar-refractivity contribution in [2.24, 2.45) is 0 Å². The summed E-state index contributed by atoms with van der Waals surface area (Å²) in [4.78, 5) is 0. The molecule has 1 saturated carbocycles. The summed E-state index contributed by atoms with van der Waals surface area (Å²) < 4.78 is 11.3. The van der Waals surface area contributed by atoms with Gasteiger partial charge in [-0.3, -0.25) is 0 Å². The first-order chi connectivity index (χ1) is 6.35. The van der Waals surface area contributed by atoms with Crippen LogP contribution in [0, 0.1) is 0 Å². The zero-order valence-corrected chi connectivity index (χ0v) is 8.34. The van der Waals surface area contributed by atoms with Crippen LogP contribution in [0.15, 0.2) is 0 Å². The average molecular weight is 185 g/mol. The molecule has 3 nitrogen and oxygen atoms in total. The number of hydrogen-bond acceptors (Lipinski definition) is 3. The monoisotopic (exact) mass is 185 g/mol. The van der Waals surface area contributed by atoms with Gasteiger partial charge in [-0.2, -0.15) is 0 Å². The molecule has 1 saturated heterocycles. The van der Waals surface area contributed by atoms with E-state index < -0.39 is 0 Å². The van der Waals surface area contributed by atoms with Crippen molar-refractivity contribution in [3.8, 4) is 0 Å². The van der Waals surface area contributed by atoms with Crippen molar-refractivity contribution < 1.29 is 9.47 Å². The van der Waals surface area contributed by atoms with Gasteiger partial charge < -0.3 is 14.8 Å². The van der Waals surface area contributed by atoms with Crippen LogP contribution in [0.4, 0.5) is 0 Å². The second-order valence-corrected chi connectivity index (χ2v) is 3.94. The lowest BCUT2D eigenvalue weighted by atomic mass is 9.90. The third-order valence-electron chi connectivity index (χ3n) is 3.05. The Kier molecular flexibility index (Phi) is 2.86. The lowest BCUT2D eigenvalue weighted by Crippen LogP contribution is -2.41. The summed E-state index contributed by atoms with van der Waals surface area (Å²) in [6, 6.07) is 0.684. The molecular weight excluding hydrogens is 166 g/mol. The molecule has 1 N–H and O–H groups in total. The lowest BCUT2D eigenvalue weighted by Gasteiger charge is -2.35. The zero-order chi connectivity index (χ0) is 9.15. The van der Waals surface area contributed by atoms with Gasteiger partial charge in [-0.1, -0.05) is 6.92 Å². The van der Waals surface area contributed by atoms with Gasteiger partial charge in [0.2, 0.25) is 0 Å². The molecule has 1 aliphatic carbocycles. The fourth-order valence-electron chi connectivity index (χ4n) is 2.34. The van der Waals surface area contributed by atoms with E-state index in [1.165, 1.54) is 12.8 Å². The molecule has 2 aliphatic rings. The maximum absolute atomic E-state index is 5.66. The molecule has 0 bridgehead atoms. The molecule has 0 amide bonds. The van der Waals surface area contributed by atoms with Crippen molar-refractivity contribution in [1.29, 1.82) is 0 Å². The molecular formula is C10H19NO2. The Bertz CT molecular complexity index is 156. The molecule has 0 aromatic rings. The first-order valence-electron chi connectivity index (χ1n) is 5.36. The molecule has 0 radical (unpaired) electrons. The van der Waals surface area contributed by atoms with Gasteiger partial charge in [0.15, 0.2) is 5.79 Å². The first kappa shape index (κ1) is 9.44. The summed E-state index contributed by atoms with van der Waals surface area (Å²) in [5, 5.41) is 3.48.